The Balaban J connectivity index is 0.000000225. The number of aliphatic hydroxyl groups is 1. The van der Waals surface area contributed by atoms with E-state index in [1.54, 1.807) is 25.1 Å². The summed E-state index contributed by atoms with van der Waals surface area (Å²) in [5.41, 5.74) is 9.09. The summed E-state index contributed by atoms with van der Waals surface area (Å²) in [4.78, 5) is 42.7. The number of benzene rings is 5. The minimum Gasteiger partial charge on any atom is -0.508 e. The van der Waals surface area contributed by atoms with Gasteiger partial charge in [0.05, 0.1) is 0 Å². The highest BCUT2D eigenvalue weighted by atomic mass is 127. The number of Topliss-reactive ketones (excluding diaryl/α,β-unsaturated/α-hetero) is 1. The van der Waals surface area contributed by atoms with Gasteiger partial charge in [-0.1, -0.05) is 146 Å². The number of aromatic hydroxyl groups is 1. The maximum Gasteiger partial charge on any atom is 0.156 e. The third kappa shape index (κ3) is 19.6. The number of halogens is 2. The Hall–Kier alpha value is -5.69. The van der Waals surface area contributed by atoms with E-state index in [2.05, 4.69) is 108 Å². The number of aliphatic hydroxyl groups excluding tert-OH is 1. The van der Waals surface area contributed by atoms with Crippen LogP contribution in [0.4, 0.5) is 0 Å². The standard InChI is InChI=1S/C23H24O2.C17H15IO2.C16H20O2.C6H12O.C5H9Br.CH2O/c1-2-23-12-10-18-14-20(25-16-17-6-4-3-5-7-17)8-9-21(18)22(23)15-19(24)11-13-23;1-13(19)7-8-15-9-10-16(11-17(15)18)20-12-14-5-3-2-4-6-14;1-2-16-7-5-11-9-12(17)3-4-14(11)15(16)10-13(18)6-8-16;1-3-6(4-2)5-7;1-2-3-4-5-6;1-2/h3-9,11,13-14,22H,2,10,12,15-16H2,1H3;2-11H,12H2,1H3;3-4,9,15,17H,2,5-8,10H2,1H3;3,6-7H,1,4-5H2,2H3;2-3H,4-5H2,1H3;1H2/b;8-7+;;;3-2+;/t22-,23+;;15-,16+;;;/m1.1.../s1. The summed E-state index contributed by atoms with van der Waals surface area (Å²) in [6.45, 7) is 17.0. The Kier molecular flexibility index (Phi) is 28.5. The molecule has 1 fully saturated rings. The van der Waals surface area contributed by atoms with Crippen molar-refractivity contribution >= 4 is 68.7 Å². The molecule has 4 aliphatic rings. The molecular formula is C68H82BrIO8. The minimum absolute atomic E-state index is 0.0465. The minimum atomic E-state index is 0.0465. The van der Waals surface area contributed by atoms with Gasteiger partial charge in [-0.3, -0.25) is 14.4 Å². The number of rotatable bonds is 15. The number of carbonyl (C=O) groups excluding carboxylic acids is 4. The molecule has 0 aromatic heterocycles. The highest BCUT2D eigenvalue weighted by Crippen LogP contribution is 2.56. The van der Waals surface area contributed by atoms with Gasteiger partial charge in [0.25, 0.3) is 0 Å². The lowest BCUT2D eigenvalue weighted by Crippen LogP contribution is -2.38. The summed E-state index contributed by atoms with van der Waals surface area (Å²) < 4.78 is 12.8. The SMILES string of the molecule is C/C=C/CCBr.C=CC(CC)CO.C=O.CC(=O)/C=C/c1ccc(OCc2ccccc2)cc1I.CC[C@]12C=CC(=O)C[C@@H]1c1ccc(OCc3ccccc3)cc1CC2.CC[C@]12CCC(=O)C[C@@H]1c1ccc(O)cc1CC2. The molecule has 1 saturated carbocycles. The van der Waals surface area contributed by atoms with Crippen molar-refractivity contribution in [3.63, 3.8) is 0 Å². The molecule has 416 valence electrons. The van der Waals surface area contributed by atoms with Crippen LogP contribution in [0.3, 0.4) is 0 Å². The average molecular weight is 1230 g/mol. The first-order chi connectivity index (χ1) is 37.8. The smallest absolute Gasteiger partial charge is 0.156 e. The van der Waals surface area contributed by atoms with E-state index >= 15 is 0 Å². The predicted molar refractivity (Wildman–Crippen MR) is 332 cm³/mol. The summed E-state index contributed by atoms with van der Waals surface area (Å²) in [6, 6.07) is 38.3. The first-order valence-electron chi connectivity index (χ1n) is 27.5. The molecule has 0 aliphatic heterocycles. The number of ether oxygens (including phenoxy) is 2. The van der Waals surface area contributed by atoms with Crippen LogP contribution in [0.2, 0.25) is 0 Å². The zero-order chi connectivity index (χ0) is 56.9. The molecule has 0 bridgehead atoms. The van der Waals surface area contributed by atoms with Crippen LogP contribution in [0.5, 0.6) is 17.2 Å². The first-order valence-corrected chi connectivity index (χ1v) is 29.7. The second-order valence-electron chi connectivity index (χ2n) is 20.2. The van der Waals surface area contributed by atoms with E-state index in [-0.39, 0.29) is 23.6 Å². The Bertz CT molecular complexity index is 2750. The summed E-state index contributed by atoms with van der Waals surface area (Å²) in [7, 11) is 0. The molecule has 8 nitrogen and oxygen atoms in total. The molecule has 0 amide bonds. The fourth-order valence-electron chi connectivity index (χ4n) is 10.7. The van der Waals surface area contributed by atoms with E-state index in [0.29, 0.717) is 60.8 Å². The number of ketones is 3. The third-order valence-corrected chi connectivity index (χ3v) is 16.8. The summed E-state index contributed by atoms with van der Waals surface area (Å²) in [5.74, 6) is 3.82. The van der Waals surface area contributed by atoms with Gasteiger partial charge in [0.1, 0.15) is 43.0 Å². The largest absolute Gasteiger partial charge is 0.508 e. The van der Waals surface area contributed by atoms with Gasteiger partial charge in [0, 0.05) is 40.7 Å². The Morgan fingerprint density at radius 2 is 1.37 bits per heavy atom. The van der Waals surface area contributed by atoms with Crippen molar-refractivity contribution in [3.8, 4) is 17.2 Å². The molecule has 5 aromatic rings. The highest BCUT2D eigenvalue weighted by molar-refractivity contribution is 14.1. The quantitative estimate of drug-likeness (QED) is 0.0459. The zero-order valence-electron chi connectivity index (χ0n) is 46.6. The molecule has 5 aromatic carbocycles. The third-order valence-electron chi connectivity index (χ3n) is 15.4. The van der Waals surface area contributed by atoms with E-state index in [9.17, 15) is 19.5 Å². The van der Waals surface area contributed by atoms with Crippen LogP contribution < -0.4 is 9.47 Å². The predicted octanol–water partition coefficient (Wildman–Crippen LogP) is 16.6. The topological polar surface area (TPSA) is 127 Å². The molecular weight excluding hydrogens is 1150 g/mol. The van der Waals surface area contributed by atoms with Gasteiger partial charge in [-0.2, -0.15) is 0 Å². The van der Waals surface area contributed by atoms with E-state index in [1.165, 1.54) is 27.8 Å². The molecule has 0 radical (unpaired) electrons. The summed E-state index contributed by atoms with van der Waals surface area (Å²) in [6.07, 6.45) is 25.3. The number of hydrogen-bond donors (Lipinski definition) is 2. The van der Waals surface area contributed by atoms with Crippen LogP contribution in [0.25, 0.3) is 6.08 Å². The number of allylic oxidation sites excluding steroid dienone is 5. The second-order valence-corrected chi connectivity index (χ2v) is 22.2. The molecule has 5 atom stereocenters. The van der Waals surface area contributed by atoms with Crippen molar-refractivity contribution in [1.82, 2.24) is 0 Å². The lowest BCUT2D eigenvalue weighted by atomic mass is 9.56. The Morgan fingerprint density at radius 3 is 1.91 bits per heavy atom. The van der Waals surface area contributed by atoms with E-state index in [0.717, 1.165) is 95.7 Å². The van der Waals surface area contributed by atoms with E-state index in [4.69, 9.17) is 19.4 Å². The van der Waals surface area contributed by atoms with Gasteiger partial charge in [0.15, 0.2) is 11.6 Å². The molecule has 0 saturated heterocycles. The van der Waals surface area contributed by atoms with Gasteiger partial charge in [-0.25, -0.2) is 0 Å². The van der Waals surface area contributed by atoms with Crippen molar-refractivity contribution in [2.45, 2.75) is 137 Å². The Labute approximate surface area is 487 Å². The van der Waals surface area contributed by atoms with Gasteiger partial charge in [-0.05, 0) is 204 Å². The van der Waals surface area contributed by atoms with Crippen LogP contribution in [-0.2, 0) is 45.2 Å². The van der Waals surface area contributed by atoms with Crippen LogP contribution >= 0.6 is 38.5 Å². The fraction of sp³-hybridized carbons (Fsp3) is 0.382. The fourth-order valence-corrected chi connectivity index (χ4v) is 11.6. The number of phenols is 1. The van der Waals surface area contributed by atoms with Crippen LogP contribution in [0, 0.1) is 20.3 Å². The average Bonchev–Trinajstić information content (AvgIpc) is 3.64. The van der Waals surface area contributed by atoms with Crippen LogP contribution in [-0.4, -0.2) is 46.3 Å². The van der Waals surface area contributed by atoms with Gasteiger partial charge in [0.2, 0.25) is 0 Å². The Morgan fingerprint density at radius 1 is 0.782 bits per heavy atom. The molecule has 0 spiro atoms. The molecule has 2 N–H and O–H groups in total. The van der Waals surface area contributed by atoms with Crippen LogP contribution in [0.1, 0.15) is 150 Å². The van der Waals surface area contributed by atoms with E-state index < -0.39 is 0 Å². The van der Waals surface area contributed by atoms with E-state index in [1.807, 2.05) is 112 Å². The highest BCUT2D eigenvalue weighted by Gasteiger charge is 2.46. The number of phenolic OH excluding ortho intramolecular Hbond substituents is 1. The summed E-state index contributed by atoms with van der Waals surface area (Å²) >= 11 is 5.54. The maximum absolute atomic E-state index is 12.0. The molecule has 0 heterocycles. The van der Waals surface area contributed by atoms with Crippen LogP contribution in [0.15, 0.2) is 158 Å². The van der Waals surface area contributed by atoms with Crippen molar-refractivity contribution < 1.29 is 38.9 Å². The van der Waals surface area contributed by atoms with Gasteiger partial charge in [-0.15, -0.1) is 6.58 Å². The number of carbonyl (C=O) groups is 4. The zero-order valence-corrected chi connectivity index (χ0v) is 50.3. The van der Waals surface area contributed by atoms with Crippen molar-refractivity contribution in [2.24, 2.45) is 16.7 Å². The van der Waals surface area contributed by atoms with Gasteiger partial charge < -0.3 is 24.5 Å². The molecule has 4 aliphatic carbocycles. The number of fused-ring (bicyclic) bond motifs is 6. The monoisotopic (exact) mass is 1230 g/mol. The number of aryl methyl sites for hydroxylation is 2. The maximum atomic E-state index is 12.0. The number of hydrogen-bond acceptors (Lipinski definition) is 8. The normalized spacial score (nSPS) is 19.7. The van der Waals surface area contributed by atoms with Crippen molar-refractivity contribution in [2.75, 3.05) is 11.9 Å². The lowest BCUT2D eigenvalue weighted by Gasteiger charge is -2.47. The van der Waals surface area contributed by atoms with Gasteiger partial charge >= 0.3 is 0 Å². The first kappa shape index (κ1) is 64.8. The van der Waals surface area contributed by atoms with Crippen molar-refractivity contribution in [3.05, 3.63) is 201 Å². The summed E-state index contributed by atoms with van der Waals surface area (Å²) in [5, 5.41) is 19.1. The lowest BCUT2D eigenvalue weighted by molar-refractivity contribution is -0.123. The van der Waals surface area contributed by atoms with Crippen molar-refractivity contribution in [1.29, 1.82) is 0 Å². The molecule has 9 rings (SSSR count). The number of alkyl halides is 1. The molecule has 10 heteroatoms. The second kappa shape index (κ2) is 34.3. The molecule has 78 heavy (non-hydrogen) atoms. The molecule has 1 unspecified atom stereocenters.